The topological polar surface area (TPSA) is 32.8 Å². The second kappa shape index (κ2) is 8.70. The molecule has 1 aromatic carbocycles. The van der Waals surface area contributed by atoms with Crippen molar-refractivity contribution in [2.45, 2.75) is 51.5 Å². The number of carbonyl (C=O) groups excluding carboxylic acids is 1. The standard InChI is InChI=1S/C21H32N2O2/c1-17-11-14-22(15-12-17)16-18-8-4-3-7-13-23(18)21(24)19-9-5-6-10-20(19)25-2/h5-6,9-10,17-18H,3-4,7-8,11-16H2,1-2H3. The molecule has 2 fully saturated rings. The molecule has 138 valence electrons. The average molecular weight is 344 g/mol. The van der Waals surface area contributed by atoms with E-state index in [2.05, 4.69) is 16.7 Å². The van der Waals surface area contributed by atoms with Gasteiger partial charge in [-0.05, 0) is 56.8 Å². The van der Waals surface area contributed by atoms with Crippen molar-refractivity contribution < 1.29 is 9.53 Å². The largest absolute Gasteiger partial charge is 0.496 e. The summed E-state index contributed by atoms with van der Waals surface area (Å²) < 4.78 is 5.43. The highest BCUT2D eigenvalue weighted by Crippen LogP contribution is 2.26. The summed E-state index contributed by atoms with van der Waals surface area (Å²) >= 11 is 0. The number of para-hydroxylation sites is 1. The summed E-state index contributed by atoms with van der Waals surface area (Å²) in [5.41, 5.74) is 0.698. The zero-order valence-electron chi connectivity index (χ0n) is 15.7. The summed E-state index contributed by atoms with van der Waals surface area (Å²) in [4.78, 5) is 18.0. The van der Waals surface area contributed by atoms with Crippen LogP contribution in [0.1, 0.15) is 55.8 Å². The van der Waals surface area contributed by atoms with Crippen LogP contribution in [0, 0.1) is 5.92 Å². The number of likely N-dealkylation sites (tertiary alicyclic amines) is 2. The van der Waals surface area contributed by atoms with Gasteiger partial charge in [0, 0.05) is 19.1 Å². The number of rotatable bonds is 4. The van der Waals surface area contributed by atoms with Crippen LogP contribution in [0.3, 0.4) is 0 Å². The Hall–Kier alpha value is -1.55. The van der Waals surface area contributed by atoms with Gasteiger partial charge >= 0.3 is 0 Å². The summed E-state index contributed by atoms with van der Waals surface area (Å²) in [7, 11) is 1.64. The predicted octanol–water partition coefficient (Wildman–Crippen LogP) is 3.81. The van der Waals surface area contributed by atoms with Crippen LogP contribution in [-0.4, -0.2) is 55.0 Å². The van der Waals surface area contributed by atoms with Gasteiger partial charge in [0.25, 0.3) is 5.91 Å². The van der Waals surface area contributed by atoms with E-state index in [1.54, 1.807) is 7.11 Å². The molecule has 2 aliphatic heterocycles. The van der Waals surface area contributed by atoms with Crippen LogP contribution in [-0.2, 0) is 0 Å². The quantitative estimate of drug-likeness (QED) is 0.832. The minimum atomic E-state index is 0.134. The van der Waals surface area contributed by atoms with E-state index < -0.39 is 0 Å². The molecule has 1 unspecified atom stereocenters. The van der Waals surface area contributed by atoms with E-state index in [0.29, 0.717) is 17.4 Å². The fraction of sp³-hybridized carbons (Fsp3) is 0.667. The summed E-state index contributed by atoms with van der Waals surface area (Å²) in [5, 5.41) is 0. The summed E-state index contributed by atoms with van der Waals surface area (Å²) in [5.74, 6) is 1.66. The second-order valence-electron chi connectivity index (χ2n) is 7.69. The molecule has 2 aliphatic rings. The maximum absolute atomic E-state index is 13.3. The molecule has 1 amide bonds. The summed E-state index contributed by atoms with van der Waals surface area (Å²) in [6, 6.07) is 7.95. The van der Waals surface area contributed by atoms with Crippen molar-refractivity contribution in [2.75, 3.05) is 33.3 Å². The number of hydrogen-bond donors (Lipinski definition) is 0. The number of ether oxygens (including phenoxy) is 1. The minimum absolute atomic E-state index is 0.134. The lowest BCUT2D eigenvalue weighted by Gasteiger charge is -2.37. The van der Waals surface area contributed by atoms with Gasteiger partial charge in [0.1, 0.15) is 5.75 Å². The third-order valence-corrected chi connectivity index (χ3v) is 5.82. The number of benzene rings is 1. The van der Waals surface area contributed by atoms with Gasteiger partial charge < -0.3 is 14.5 Å². The third kappa shape index (κ3) is 4.55. The highest BCUT2D eigenvalue weighted by molar-refractivity contribution is 5.97. The molecule has 0 aromatic heterocycles. The van der Waals surface area contributed by atoms with Crippen LogP contribution < -0.4 is 4.74 Å². The van der Waals surface area contributed by atoms with E-state index in [1.807, 2.05) is 24.3 Å². The van der Waals surface area contributed by atoms with E-state index in [4.69, 9.17) is 4.74 Å². The molecule has 0 bridgehead atoms. The van der Waals surface area contributed by atoms with Crippen LogP contribution >= 0.6 is 0 Å². The SMILES string of the molecule is COc1ccccc1C(=O)N1CCCCCC1CN1CCC(C)CC1. The molecule has 2 saturated heterocycles. The molecule has 1 aromatic rings. The number of nitrogens with zero attached hydrogens (tertiary/aromatic N) is 2. The van der Waals surface area contributed by atoms with Crippen LogP contribution in [0.5, 0.6) is 5.75 Å². The molecular weight excluding hydrogens is 312 g/mol. The second-order valence-corrected chi connectivity index (χ2v) is 7.69. The van der Waals surface area contributed by atoms with Crippen molar-refractivity contribution in [1.29, 1.82) is 0 Å². The molecule has 4 nitrogen and oxygen atoms in total. The van der Waals surface area contributed by atoms with Gasteiger partial charge in [-0.2, -0.15) is 0 Å². The van der Waals surface area contributed by atoms with Gasteiger partial charge in [-0.25, -0.2) is 0 Å². The lowest BCUT2D eigenvalue weighted by molar-refractivity contribution is 0.0602. The first-order chi connectivity index (χ1) is 12.2. The van der Waals surface area contributed by atoms with Crippen molar-refractivity contribution >= 4 is 5.91 Å². The molecule has 0 radical (unpaired) electrons. The maximum atomic E-state index is 13.3. The average Bonchev–Trinajstić information content (AvgIpc) is 2.88. The molecule has 1 atom stereocenters. The van der Waals surface area contributed by atoms with Crippen molar-refractivity contribution in [3.8, 4) is 5.75 Å². The van der Waals surface area contributed by atoms with Crippen LogP contribution in [0.25, 0.3) is 0 Å². The molecule has 0 spiro atoms. The summed E-state index contributed by atoms with van der Waals surface area (Å²) in [6.07, 6.45) is 7.25. The zero-order chi connectivity index (χ0) is 17.6. The first-order valence-electron chi connectivity index (χ1n) is 9.85. The molecule has 2 heterocycles. The Morgan fingerprint density at radius 1 is 1.08 bits per heavy atom. The Balaban J connectivity index is 1.74. The van der Waals surface area contributed by atoms with E-state index in [0.717, 1.165) is 31.8 Å². The zero-order valence-corrected chi connectivity index (χ0v) is 15.7. The number of methoxy groups -OCH3 is 1. The van der Waals surface area contributed by atoms with Crippen molar-refractivity contribution in [3.63, 3.8) is 0 Å². The fourth-order valence-electron chi connectivity index (χ4n) is 4.15. The third-order valence-electron chi connectivity index (χ3n) is 5.82. The number of carbonyl (C=O) groups is 1. The van der Waals surface area contributed by atoms with Gasteiger partial charge in [0.15, 0.2) is 0 Å². The molecule has 4 heteroatoms. The molecule has 0 aliphatic carbocycles. The Morgan fingerprint density at radius 3 is 2.60 bits per heavy atom. The van der Waals surface area contributed by atoms with Crippen molar-refractivity contribution in [3.05, 3.63) is 29.8 Å². The number of amides is 1. The van der Waals surface area contributed by atoms with Crippen LogP contribution in [0.2, 0.25) is 0 Å². The highest BCUT2D eigenvalue weighted by Gasteiger charge is 2.30. The maximum Gasteiger partial charge on any atom is 0.257 e. The van der Waals surface area contributed by atoms with Gasteiger partial charge in [-0.15, -0.1) is 0 Å². The molecule has 0 saturated carbocycles. The highest BCUT2D eigenvalue weighted by atomic mass is 16.5. The lowest BCUT2D eigenvalue weighted by atomic mass is 9.98. The fourth-order valence-corrected chi connectivity index (χ4v) is 4.15. The first kappa shape index (κ1) is 18.2. The Labute approximate surface area is 152 Å². The van der Waals surface area contributed by atoms with Gasteiger partial charge in [0.2, 0.25) is 0 Å². The number of piperidine rings is 1. The van der Waals surface area contributed by atoms with E-state index in [9.17, 15) is 4.79 Å². The smallest absolute Gasteiger partial charge is 0.257 e. The Bertz CT molecular complexity index is 567. The van der Waals surface area contributed by atoms with Crippen LogP contribution in [0.4, 0.5) is 0 Å². The van der Waals surface area contributed by atoms with E-state index in [1.165, 1.54) is 38.8 Å². The Morgan fingerprint density at radius 2 is 1.84 bits per heavy atom. The molecular formula is C21H32N2O2. The van der Waals surface area contributed by atoms with Crippen molar-refractivity contribution in [2.24, 2.45) is 5.92 Å². The van der Waals surface area contributed by atoms with E-state index in [-0.39, 0.29) is 5.91 Å². The normalized spacial score (nSPS) is 23.3. The van der Waals surface area contributed by atoms with Gasteiger partial charge in [-0.3, -0.25) is 4.79 Å². The number of hydrogen-bond acceptors (Lipinski definition) is 3. The van der Waals surface area contributed by atoms with Gasteiger partial charge in [0.05, 0.1) is 12.7 Å². The lowest BCUT2D eigenvalue weighted by Crippen LogP contribution is -2.48. The van der Waals surface area contributed by atoms with Gasteiger partial charge in [-0.1, -0.05) is 31.9 Å². The Kier molecular flexibility index (Phi) is 6.35. The first-order valence-corrected chi connectivity index (χ1v) is 9.85. The summed E-state index contributed by atoms with van der Waals surface area (Å²) in [6.45, 7) is 6.59. The predicted molar refractivity (Wildman–Crippen MR) is 101 cm³/mol. The van der Waals surface area contributed by atoms with E-state index >= 15 is 0 Å². The monoisotopic (exact) mass is 344 g/mol. The van der Waals surface area contributed by atoms with Crippen molar-refractivity contribution in [1.82, 2.24) is 9.80 Å². The molecule has 0 N–H and O–H groups in total. The van der Waals surface area contributed by atoms with Crippen LogP contribution in [0.15, 0.2) is 24.3 Å². The molecule has 3 rings (SSSR count). The molecule has 25 heavy (non-hydrogen) atoms. The minimum Gasteiger partial charge on any atom is -0.496 e.